The van der Waals surface area contributed by atoms with Gasteiger partial charge in [0.15, 0.2) is 0 Å². The zero-order valence-electron chi connectivity index (χ0n) is 11.8. The number of rotatable bonds is 2. The standard InChI is InChI=1S/C18H22/c1-5-9-17(18(2,3)4)16-13-8-11-14-10-6-7-12-15(14)16/h5-13,17H,1-4H3/b9-5+. The van der Waals surface area contributed by atoms with Gasteiger partial charge in [-0.05, 0) is 28.7 Å². The molecular weight excluding hydrogens is 216 g/mol. The van der Waals surface area contributed by atoms with Crippen LogP contribution in [0.2, 0.25) is 0 Å². The van der Waals surface area contributed by atoms with Crippen molar-refractivity contribution in [3.8, 4) is 0 Å². The fraction of sp³-hybridized carbons (Fsp3) is 0.333. The second-order valence-corrected chi connectivity index (χ2v) is 5.94. The number of hydrogen-bond acceptors (Lipinski definition) is 0. The molecule has 0 aromatic heterocycles. The average Bonchev–Trinajstić information content (AvgIpc) is 2.34. The summed E-state index contributed by atoms with van der Waals surface area (Å²) in [4.78, 5) is 0. The van der Waals surface area contributed by atoms with Gasteiger partial charge in [0.1, 0.15) is 0 Å². The molecule has 0 N–H and O–H groups in total. The third kappa shape index (κ3) is 2.48. The molecule has 0 aliphatic rings. The van der Waals surface area contributed by atoms with Crippen LogP contribution in [0.15, 0.2) is 54.6 Å². The SMILES string of the molecule is C/C=C/C(c1cccc2ccccc12)C(C)(C)C. The molecule has 0 amide bonds. The summed E-state index contributed by atoms with van der Waals surface area (Å²) in [6.45, 7) is 9.02. The van der Waals surface area contributed by atoms with Crippen LogP contribution in [0.4, 0.5) is 0 Å². The van der Waals surface area contributed by atoms with Crippen LogP contribution in [0.5, 0.6) is 0 Å². The number of allylic oxidation sites excluding steroid dienone is 2. The highest BCUT2D eigenvalue weighted by molar-refractivity contribution is 5.86. The maximum absolute atomic E-state index is 2.32. The van der Waals surface area contributed by atoms with E-state index < -0.39 is 0 Å². The third-order valence-electron chi connectivity index (χ3n) is 3.48. The Kier molecular flexibility index (Phi) is 3.56. The van der Waals surface area contributed by atoms with Crippen LogP contribution >= 0.6 is 0 Å². The molecule has 0 saturated heterocycles. The predicted octanol–water partition coefficient (Wildman–Crippen LogP) is 5.55. The van der Waals surface area contributed by atoms with E-state index in [9.17, 15) is 0 Å². The Morgan fingerprint density at radius 2 is 1.61 bits per heavy atom. The van der Waals surface area contributed by atoms with Crippen molar-refractivity contribution in [3.05, 3.63) is 60.2 Å². The molecule has 2 aromatic carbocycles. The monoisotopic (exact) mass is 238 g/mol. The van der Waals surface area contributed by atoms with Crippen LogP contribution < -0.4 is 0 Å². The van der Waals surface area contributed by atoms with E-state index in [0.717, 1.165) is 0 Å². The average molecular weight is 238 g/mol. The minimum Gasteiger partial charge on any atom is -0.0910 e. The molecule has 0 saturated carbocycles. The summed E-state index contributed by atoms with van der Waals surface area (Å²) in [7, 11) is 0. The van der Waals surface area contributed by atoms with Crippen LogP contribution in [0, 0.1) is 5.41 Å². The molecule has 0 heteroatoms. The van der Waals surface area contributed by atoms with E-state index in [4.69, 9.17) is 0 Å². The topological polar surface area (TPSA) is 0 Å². The van der Waals surface area contributed by atoms with Crippen molar-refractivity contribution in [2.75, 3.05) is 0 Å². The molecule has 0 nitrogen and oxygen atoms in total. The first kappa shape index (κ1) is 12.9. The van der Waals surface area contributed by atoms with Gasteiger partial charge in [0.2, 0.25) is 0 Å². The van der Waals surface area contributed by atoms with E-state index in [-0.39, 0.29) is 5.41 Å². The lowest BCUT2D eigenvalue weighted by atomic mass is 9.75. The lowest BCUT2D eigenvalue weighted by Gasteiger charge is -2.29. The summed E-state index contributed by atoms with van der Waals surface area (Å²) in [5, 5.41) is 2.70. The molecule has 1 atom stereocenters. The second kappa shape index (κ2) is 4.97. The molecule has 18 heavy (non-hydrogen) atoms. The summed E-state index contributed by atoms with van der Waals surface area (Å²) in [6.07, 6.45) is 4.49. The van der Waals surface area contributed by atoms with E-state index >= 15 is 0 Å². The number of fused-ring (bicyclic) bond motifs is 1. The van der Waals surface area contributed by atoms with E-state index in [1.165, 1.54) is 16.3 Å². The van der Waals surface area contributed by atoms with Crippen molar-refractivity contribution in [2.45, 2.75) is 33.6 Å². The highest BCUT2D eigenvalue weighted by Gasteiger charge is 2.24. The van der Waals surface area contributed by atoms with Crippen molar-refractivity contribution >= 4 is 10.8 Å². The van der Waals surface area contributed by atoms with Gasteiger partial charge in [-0.3, -0.25) is 0 Å². The number of benzene rings is 2. The maximum atomic E-state index is 2.32. The molecule has 2 aromatic rings. The molecule has 0 aliphatic heterocycles. The Morgan fingerprint density at radius 3 is 2.28 bits per heavy atom. The Labute approximate surface area is 110 Å². The van der Waals surface area contributed by atoms with Crippen molar-refractivity contribution in [1.82, 2.24) is 0 Å². The third-order valence-corrected chi connectivity index (χ3v) is 3.48. The van der Waals surface area contributed by atoms with Gasteiger partial charge >= 0.3 is 0 Å². The van der Waals surface area contributed by atoms with Crippen LogP contribution in [0.3, 0.4) is 0 Å². The summed E-state index contributed by atoms with van der Waals surface area (Å²) in [5.74, 6) is 0.452. The lowest BCUT2D eigenvalue weighted by molar-refractivity contribution is 0.368. The van der Waals surface area contributed by atoms with Gasteiger partial charge in [-0.15, -0.1) is 0 Å². The molecule has 2 rings (SSSR count). The zero-order chi connectivity index (χ0) is 13.2. The van der Waals surface area contributed by atoms with Crippen molar-refractivity contribution in [2.24, 2.45) is 5.41 Å². The zero-order valence-corrected chi connectivity index (χ0v) is 11.8. The highest BCUT2D eigenvalue weighted by atomic mass is 14.3. The molecule has 0 bridgehead atoms. The Balaban J connectivity index is 2.65. The summed E-state index contributed by atoms with van der Waals surface area (Å²) >= 11 is 0. The lowest BCUT2D eigenvalue weighted by Crippen LogP contribution is -2.16. The summed E-state index contributed by atoms with van der Waals surface area (Å²) in [6, 6.07) is 15.3. The van der Waals surface area contributed by atoms with Crippen molar-refractivity contribution < 1.29 is 0 Å². The molecule has 0 fully saturated rings. The Hall–Kier alpha value is -1.56. The molecule has 94 valence electrons. The molecule has 0 spiro atoms. The Bertz CT molecular complexity index is 550. The molecule has 1 unspecified atom stereocenters. The van der Waals surface area contributed by atoms with E-state index in [1.807, 2.05) is 0 Å². The van der Waals surface area contributed by atoms with Crippen LogP contribution in [-0.2, 0) is 0 Å². The largest absolute Gasteiger partial charge is 0.0910 e. The van der Waals surface area contributed by atoms with Crippen LogP contribution in [0.1, 0.15) is 39.2 Å². The minimum absolute atomic E-state index is 0.233. The fourth-order valence-electron chi connectivity index (χ4n) is 2.57. The van der Waals surface area contributed by atoms with E-state index in [1.54, 1.807) is 0 Å². The summed E-state index contributed by atoms with van der Waals surface area (Å²) < 4.78 is 0. The first-order chi connectivity index (χ1) is 8.54. The predicted molar refractivity (Wildman–Crippen MR) is 81.0 cm³/mol. The van der Waals surface area contributed by atoms with Gasteiger partial charge < -0.3 is 0 Å². The van der Waals surface area contributed by atoms with Crippen LogP contribution in [-0.4, -0.2) is 0 Å². The van der Waals surface area contributed by atoms with E-state index in [0.29, 0.717) is 5.92 Å². The van der Waals surface area contributed by atoms with Crippen molar-refractivity contribution in [1.29, 1.82) is 0 Å². The summed E-state index contributed by atoms with van der Waals surface area (Å²) in [5.41, 5.74) is 1.66. The van der Waals surface area contributed by atoms with Gasteiger partial charge in [0.25, 0.3) is 0 Å². The van der Waals surface area contributed by atoms with Crippen LogP contribution in [0.25, 0.3) is 10.8 Å². The minimum atomic E-state index is 0.233. The normalized spacial score (nSPS) is 14.2. The van der Waals surface area contributed by atoms with Gasteiger partial charge in [0.05, 0.1) is 0 Å². The van der Waals surface area contributed by atoms with Gasteiger partial charge in [-0.2, -0.15) is 0 Å². The fourth-order valence-corrected chi connectivity index (χ4v) is 2.57. The Morgan fingerprint density at radius 1 is 0.944 bits per heavy atom. The molecule has 0 radical (unpaired) electrons. The first-order valence-electron chi connectivity index (χ1n) is 6.64. The molecular formula is C18H22. The van der Waals surface area contributed by atoms with Gasteiger partial charge in [-0.1, -0.05) is 75.4 Å². The maximum Gasteiger partial charge on any atom is 0.00726 e. The second-order valence-electron chi connectivity index (χ2n) is 5.94. The number of hydrogen-bond donors (Lipinski definition) is 0. The van der Waals surface area contributed by atoms with Gasteiger partial charge in [0, 0.05) is 5.92 Å². The first-order valence-corrected chi connectivity index (χ1v) is 6.64. The molecule has 0 heterocycles. The quantitative estimate of drug-likeness (QED) is 0.602. The van der Waals surface area contributed by atoms with Gasteiger partial charge in [-0.25, -0.2) is 0 Å². The smallest absolute Gasteiger partial charge is 0.00726 e. The van der Waals surface area contributed by atoms with Crippen molar-refractivity contribution in [3.63, 3.8) is 0 Å². The molecule has 0 aliphatic carbocycles. The van der Waals surface area contributed by atoms with E-state index in [2.05, 4.69) is 82.3 Å². The highest BCUT2D eigenvalue weighted by Crippen LogP contribution is 2.39.